The van der Waals surface area contributed by atoms with Crippen LogP contribution in [0.2, 0.25) is 0 Å². The number of rotatable bonds is 3. The van der Waals surface area contributed by atoms with Gasteiger partial charge in [0.15, 0.2) is 0 Å². The molecule has 0 nitrogen and oxygen atoms in total. The lowest BCUT2D eigenvalue weighted by atomic mass is 9.98. The Morgan fingerprint density at radius 1 is 1.46 bits per heavy atom. The highest BCUT2D eigenvalue weighted by Crippen LogP contribution is 2.30. The van der Waals surface area contributed by atoms with Gasteiger partial charge in [-0.3, -0.25) is 0 Å². The topological polar surface area (TPSA) is 0 Å². The van der Waals surface area contributed by atoms with E-state index in [0.717, 1.165) is 16.9 Å². The quantitative estimate of drug-likeness (QED) is 0.660. The number of benzene rings is 1. The molecular formula is C11H15FS. The van der Waals surface area contributed by atoms with Crippen LogP contribution in [-0.2, 0) is 0 Å². The summed E-state index contributed by atoms with van der Waals surface area (Å²) in [6.07, 6.45) is 2.97. The Balaban J connectivity index is 3.14. The van der Waals surface area contributed by atoms with Crippen LogP contribution in [0.1, 0.15) is 31.7 Å². The van der Waals surface area contributed by atoms with Crippen LogP contribution in [-0.4, -0.2) is 6.26 Å². The van der Waals surface area contributed by atoms with E-state index >= 15 is 0 Å². The summed E-state index contributed by atoms with van der Waals surface area (Å²) in [5, 5.41) is 0. The monoisotopic (exact) mass is 198 g/mol. The fourth-order valence-corrected chi connectivity index (χ4v) is 2.11. The summed E-state index contributed by atoms with van der Waals surface area (Å²) in [6, 6.07) is 5.30. The molecule has 0 aliphatic carbocycles. The first-order valence-corrected chi connectivity index (χ1v) is 5.75. The van der Waals surface area contributed by atoms with Crippen LogP contribution in [0, 0.1) is 5.82 Å². The molecule has 1 aromatic rings. The van der Waals surface area contributed by atoms with Gasteiger partial charge in [-0.1, -0.05) is 19.9 Å². The van der Waals surface area contributed by atoms with Crippen molar-refractivity contribution in [2.75, 3.05) is 6.26 Å². The predicted molar refractivity (Wildman–Crippen MR) is 56.9 cm³/mol. The van der Waals surface area contributed by atoms with Crippen LogP contribution >= 0.6 is 11.8 Å². The zero-order valence-corrected chi connectivity index (χ0v) is 9.12. The van der Waals surface area contributed by atoms with Crippen LogP contribution < -0.4 is 0 Å². The van der Waals surface area contributed by atoms with Gasteiger partial charge in [0.2, 0.25) is 0 Å². The molecule has 0 aliphatic heterocycles. The lowest BCUT2D eigenvalue weighted by Gasteiger charge is -2.14. The summed E-state index contributed by atoms with van der Waals surface area (Å²) >= 11 is 1.61. The summed E-state index contributed by atoms with van der Waals surface area (Å²) in [4.78, 5) is 1.06. The van der Waals surface area contributed by atoms with Crippen molar-refractivity contribution in [1.82, 2.24) is 0 Å². The Morgan fingerprint density at radius 2 is 2.15 bits per heavy atom. The molecule has 0 spiro atoms. The maximum Gasteiger partial charge on any atom is 0.127 e. The molecule has 72 valence electrons. The van der Waals surface area contributed by atoms with E-state index in [-0.39, 0.29) is 5.82 Å². The van der Waals surface area contributed by atoms with E-state index in [1.54, 1.807) is 23.9 Å². The second kappa shape index (κ2) is 4.66. The predicted octanol–water partition coefficient (Wildman–Crippen LogP) is 4.06. The number of hydrogen-bond acceptors (Lipinski definition) is 1. The summed E-state index contributed by atoms with van der Waals surface area (Å²) in [7, 11) is 0. The summed E-state index contributed by atoms with van der Waals surface area (Å²) in [5.41, 5.74) is 0.873. The van der Waals surface area contributed by atoms with Crippen molar-refractivity contribution in [3.05, 3.63) is 29.6 Å². The van der Waals surface area contributed by atoms with Crippen molar-refractivity contribution in [2.24, 2.45) is 0 Å². The maximum atomic E-state index is 13.5. The molecule has 0 amide bonds. The average molecular weight is 198 g/mol. The van der Waals surface area contributed by atoms with Crippen LogP contribution in [0.5, 0.6) is 0 Å². The minimum atomic E-state index is -0.0683. The molecule has 0 radical (unpaired) electrons. The first-order valence-electron chi connectivity index (χ1n) is 4.53. The zero-order valence-electron chi connectivity index (χ0n) is 8.30. The molecular weight excluding hydrogens is 183 g/mol. The Morgan fingerprint density at radius 3 is 2.69 bits per heavy atom. The Kier molecular flexibility index (Phi) is 3.79. The SMILES string of the molecule is CCC(C)c1c(F)cccc1SC. The van der Waals surface area contributed by atoms with E-state index in [2.05, 4.69) is 13.8 Å². The van der Waals surface area contributed by atoms with Gasteiger partial charge in [-0.15, -0.1) is 11.8 Å². The molecule has 0 aliphatic rings. The van der Waals surface area contributed by atoms with Crippen LogP contribution in [0.4, 0.5) is 4.39 Å². The van der Waals surface area contributed by atoms with E-state index in [4.69, 9.17) is 0 Å². The summed E-state index contributed by atoms with van der Waals surface area (Å²) in [6.45, 7) is 4.15. The molecule has 0 saturated heterocycles. The van der Waals surface area contributed by atoms with Gasteiger partial charge in [0.1, 0.15) is 5.82 Å². The summed E-state index contributed by atoms with van der Waals surface area (Å²) < 4.78 is 13.5. The molecule has 2 heteroatoms. The highest BCUT2D eigenvalue weighted by atomic mass is 32.2. The molecule has 1 rings (SSSR count). The molecule has 1 atom stereocenters. The second-order valence-electron chi connectivity index (χ2n) is 3.17. The van der Waals surface area contributed by atoms with E-state index in [9.17, 15) is 4.39 Å². The fourth-order valence-electron chi connectivity index (χ4n) is 1.38. The number of thioether (sulfide) groups is 1. The smallest absolute Gasteiger partial charge is 0.127 e. The lowest BCUT2D eigenvalue weighted by Crippen LogP contribution is -1.98. The van der Waals surface area contributed by atoms with Crippen LogP contribution in [0.25, 0.3) is 0 Å². The van der Waals surface area contributed by atoms with Crippen molar-refractivity contribution in [3.8, 4) is 0 Å². The highest BCUT2D eigenvalue weighted by Gasteiger charge is 2.12. The molecule has 13 heavy (non-hydrogen) atoms. The first kappa shape index (κ1) is 10.6. The highest BCUT2D eigenvalue weighted by molar-refractivity contribution is 7.98. The standard InChI is InChI=1S/C11H15FS/c1-4-8(2)11-9(12)6-5-7-10(11)13-3/h5-8H,4H2,1-3H3. The fraction of sp³-hybridized carbons (Fsp3) is 0.455. The van der Waals surface area contributed by atoms with Gasteiger partial charge < -0.3 is 0 Å². The van der Waals surface area contributed by atoms with Gasteiger partial charge >= 0.3 is 0 Å². The van der Waals surface area contributed by atoms with E-state index in [1.807, 2.05) is 12.3 Å². The second-order valence-corrected chi connectivity index (χ2v) is 4.01. The van der Waals surface area contributed by atoms with Crippen molar-refractivity contribution in [2.45, 2.75) is 31.1 Å². The van der Waals surface area contributed by atoms with E-state index < -0.39 is 0 Å². The normalized spacial score (nSPS) is 12.9. The minimum absolute atomic E-state index is 0.0683. The van der Waals surface area contributed by atoms with Gasteiger partial charge in [-0.25, -0.2) is 4.39 Å². The molecule has 0 heterocycles. The minimum Gasteiger partial charge on any atom is -0.207 e. The van der Waals surface area contributed by atoms with Crippen molar-refractivity contribution < 1.29 is 4.39 Å². The Bertz CT molecular complexity index is 283. The van der Waals surface area contributed by atoms with Gasteiger partial charge in [-0.2, -0.15) is 0 Å². The largest absolute Gasteiger partial charge is 0.207 e. The molecule has 0 bridgehead atoms. The van der Waals surface area contributed by atoms with Crippen molar-refractivity contribution >= 4 is 11.8 Å². The summed E-state index contributed by atoms with van der Waals surface area (Å²) in [5.74, 6) is 0.241. The third kappa shape index (κ3) is 2.25. The average Bonchev–Trinajstić information content (AvgIpc) is 2.16. The van der Waals surface area contributed by atoms with Crippen LogP contribution in [0.3, 0.4) is 0 Å². The van der Waals surface area contributed by atoms with Crippen molar-refractivity contribution in [3.63, 3.8) is 0 Å². The third-order valence-electron chi connectivity index (χ3n) is 2.34. The first-order chi connectivity index (χ1) is 6.20. The Hall–Kier alpha value is -0.500. The Labute approximate surface area is 83.5 Å². The van der Waals surface area contributed by atoms with Gasteiger partial charge in [-0.05, 0) is 30.7 Å². The zero-order chi connectivity index (χ0) is 9.84. The molecule has 1 aromatic carbocycles. The molecule has 0 N–H and O–H groups in total. The van der Waals surface area contributed by atoms with E-state index in [0.29, 0.717) is 5.92 Å². The molecule has 0 saturated carbocycles. The molecule has 0 aromatic heterocycles. The van der Waals surface area contributed by atoms with Crippen molar-refractivity contribution in [1.29, 1.82) is 0 Å². The number of hydrogen-bond donors (Lipinski definition) is 0. The van der Waals surface area contributed by atoms with E-state index in [1.165, 1.54) is 0 Å². The molecule has 1 unspecified atom stereocenters. The lowest BCUT2D eigenvalue weighted by molar-refractivity contribution is 0.575. The van der Waals surface area contributed by atoms with Crippen LogP contribution in [0.15, 0.2) is 23.1 Å². The number of halogens is 1. The third-order valence-corrected chi connectivity index (χ3v) is 3.13. The molecule has 0 fully saturated rings. The van der Waals surface area contributed by atoms with Gasteiger partial charge in [0.25, 0.3) is 0 Å². The van der Waals surface area contributed by atoms with Gasteiger partial charge in [0, 0.05) is 10.5 Å². The maximum absolute atomic E-state index is 13.5. The van der Waals surface area contributed by atoms with Gasteiger partial charge in [0.05, 0.1) is 0 Å².